The van der Waals surface area contributed by atoms with Gasteiger partial charge in [0.15, 0.2) is 0 Å². The second-order valence-electron chi connectivity index (χ2n) is 6.10. The van der Waals surface area contributed by atoms with Crippen LogP contribution in [0.15, 0.2) is 53.4 Å². The van der Waals surface area contributed by atoms with E-state index in [1.165, 1.54) is 37.0 Å². The van der Waals surface area contributed by atoms with E-state index in [1.807, 2.05) is 35.6 Å². The number of aliphatic hydroxyl groups is 1. The van der Waals surface area contributed by atoms with Crippen molar-refractivity contribution >= 4 is 11.3 Å². The fourth-order valence-corrected chi connectivity index (χ4v) is 3.92. The first-order chi connectivity index (χ1) is 11.3. The number of aryl methyl sites for hydroxylation is 1. The minimum atomic E-state index is 0.0640. The van der Waals surface area contributed by atoms with E-state index in [2.05, 4.69) is 23.6 Å². The van der Waals surface area contributed by atoms with Crippen molar-refractivity contribution in [2.24, 2.45) is 5.92 Å². The van der Waals surface area contributed by atoms with Crippen molar-refractivity contribution in [1.82, 2.24) is 0 Å². The van der Waals surface area contributed by atoms with Crippen molar-refractivity contribution in [3.63, 3.8) is 0 Å². The summed E-state index contributed by atoms with van der Waals surface area (Å²) in [5, 5.41) is 11.3. The third-order valence-electron chi connectivity index (χ3n) is 4.45. The second kappa shape index (κ2) is 8.32. The van der Waals surface area contributed by atoms with Crippen LogP contribution in [0, 0.1) is 5.92 Å². The molecule has 0 bridgehead atoms. The molecule has 1 aliphatic carbocycles. The van der Waals surface area contributed by atoms with Crippen LogP contribution < -0.4 is 4.74 Å². The minimum Gasteiger partial charge on any atom is -0.493 e. The molecule has 0 amide bonds. The number of hydrogen-bond donors (Lipinski definition) is 1. The summed E-state index contributed by atoms with van der Waals surface area (Å²) >= 11 is 1.85. The molecule has 1 heterocycles. The molecule has 0 radical (unpaired) electrons. The lowest BCUT2D eigenvalue weighted by atomic mass is 9.97. The molecular weight excluding hydrogens is 304 g/mol. The van der Waals surface area contributed by atoms with Crippen LogP contribution in [-0.2, 0) is 13.0 Å². The van der Waals surface area contributed by atoms with Crippen LogP contribution in [0.5, 0.6) is 5.75 Å². The fourth-order valence-electron chi connectivity index (χ4n) is 3.17. The molecule has 1 aromatic carbocycles. The van der Waals surface area contributed by atoms with Gasteiger partial charge >= 0.3 is 0 Å². The molecule has 3 rings (SSSR count). The molecule has 0 fully saturated rings. The molecule has 1 atom stereocenters. The fraction of sp³-hybridized carbons (Fsp3) is 0.400. The number of thiophene rings is 1. The van der Waals surface area contributed by atoms with Crippen LogP contribution in [0.3, 0.4) is 0 Å². The highest BCUT2D eigenvalue weighted by Crippen LogP contribution is 2.30. The van der Waals surface area contributed by atoms with Crippen LogP contribution in [0.4, 0.5) is 0 Å². The van der Waals surface area contributed by atoms with E-state index in [0.717, 1.165) is 17.9 Å². The number of hydrogen-bond acceptors (Lipinski definition) is 3. The Balaban J connectivity index is 1.46. The number of ether oxygens (including phenoxy) is 1. The van der Waals surface area contributed by atoms with Crippen LogP contribution in [0.2, 0.25) is 0 Å². The molecule has 0 unspecified atom stereocenters. The van der Waals surface area contributed by atoms with Gasteiger partial charge in [0.25, 0.3) is 0 Å². The number of rotatable bonds is 8. The number of aliphatic hydroxyl groups excluding tert-OH is 1. The van der Waals surface area contributed by atoms with Crippen molar-refractivity contribution < 1.29 is 9.84 Å². The summed E-state index contributed by atoms with van der Waals surface area (Å²) < 4.78 is 5.96. The van der Waals surface area contributed by atoms with E-state index in [1.54, 1.807) is 5.57 Å². The molecule has 0 saturated heterocycles. The van der Waals surface area contributed by atoms with Gasteiger partial charge in [0.05, 0.1) is 13.2 Å². The summed E-state index contributed by atoms with van der Waals surface area (Å²) in [7, 11) is 0. The Morgan fingerprint density at radius 3 is 2.96 bits per heavy atom. The molecule has 23 heavy (non-hydrogen) atoms. The van der Waals surface area contributed by atoms with Crippen molar-refractivity contribution in [3.8, 4) is 5.75 Å². The van der Waals surface area contributed by atoms with Gasteiger partial charge < -0.3 is 9.84 Å². The SMILES string of the molecule is OCc1cccc(OC[C@H]2CCC=C2CCCc2cccs2)c1. The van der Waals surface area contributed by atoms with Gasteiger partial charge in [-0.25, -0.2) is 0 Å². The van der Waals surface area contributed by atoms with E-state index in [4.69, 9.17) is 4.74 Å². The monoisotopic (exact) mass is 328 g/mol. The van der Waals surface area contributed by atoms with E-state index in [9.17, 15) is 5.11 Å². The summed E-state index contributed by atoms with van der Waals surface area (Å²) in [5.41, 5.74) is 2.47. The van der Waals surface area contributed by atoms with Crippen LogP contribution >= 0.6 is 11.3 Å². The molecule has 0 spiro atoms. The zero-order chi connectivity index (χ0) is 15.9. The topological polar surface area (TPSA) is 29.5 Å². The third kappa shape index (κ3) is 4.69. The van der Waals surface area contributed by atoms with Gasteiger partial charge in [-0.3, -0.25) is 0 Å². The first-order valence-electron chi connectivity index (χ1n) is 8.39. The maximum Gasteiger partial charge on any atom is 0.119 e. The maximum absolute atomic E-state index is 9.20. The van der Waals surface area contributed by atoms with E-state index >= 15 is 0 Å². The highest BCUT2D eigenvalue weighted by Gasteiger charge is 2.19. The first kappa shape index (κ1) is 16.3. The number of allylic oxidation sites excluding steroid dienone is 1. The molecule has 2 aromatic rings. The lowest BCUT2D eigenvalue weighted by Gasteiger charge is -2.16. The zero-order valence-corrected chi connectivity index (χ0v) is 14.2. The number of benzene rings is 1. The Kier molecular flexibility index (Phi) is 5.89. The average molecular weight is 328 g/mol. The molecule has 1 aromatic heterocycles. The standard InChI is InChI=1S/C20H24O2S/c21-14-16-5-1-9-19(13-16)22-15-18-8-2-6-17(18)7-3-10-20-11-4-12-23-20/h1,4-6,9,11-13,18,21H,2-3,7-8,10,14-15H2/t18-/m1/s1. The Morgan fingerprint density at radius 1 is 1.17 bits per heavy atom. The zero-order valence-electron chi connectivity index (χ0n) is 13.4. The second-order valence-corrected chi connectivity index (χ2v) is 7.13. The molecule has 1 N–H and O–H groups in total. The quantitative estimate of drug-likeness (QED) is 0.693. The van der Waals surface area contributed by atoms with Crippen LogP contribution in [-0.4, -0.2) is 11.7 Å². The lowest BCUT2D eigenvalue weighted by Crippen LogP contribution is -2.12. The van der Waals surface area contributed by atoms with Gasteiger partial charge in [0.1, 0.15) is 5.75 Å². The molecule has 0 aliphatic heterocycles. The summed E-state index contributed by atoms with van der Waals surface area (Å²) in [4.78, 5) is 1.48. The lowest BCUT2D eigenvalue weighted by molar-refractivity contribution is 0.261. The van der Waals surface area contributed by atoms with Crippen LogP contribution in [0.25, 0.3) is 0 Å². The maximum atomic E-state index is 9.20. The average Bonchev–Trinajstić information content (AvgIpc) is 3.25. The largest absolute Gasteiger partial charge is 0.493 e. The minimum absolute atomic E-state index is 0.0640. The Bertz CT molecular complexity index is 631. The van der Waals surface area contributed by atoms with Crippen molar-refractivity contribution in [2.45, 2.75) is 38.7 Å². The van der Waals surface area contributed by atoms with Gasteiger partial charge in [-0.2, -0.15) is 0 Å². The molecule has 3 heteroatoms. The van der Waals surface area contributed by atoms with Gasteiger partial charge in [-0.15, -0.1) is 11.3 Å². The molecule has 1 aliphatic rings. The normalized spacial score (nSPS) is 17.3. The molecule has 122 valence electrons. The van der Waals surface area contributed by atoms with Crippen molar-refractivity contribution in [1.29, 1.82) is 0 Å². The van der Waals surface area contributed by atoms with Gasteiger partial charge in [0, 0.05) is 10.8 Å². The Hall–Kier alpha value is -1.58. The first-order valence-corrected chi connectivity index (χ1v) is 9.27. The predicted octanol–water partition coefficient (Wildman–Crippen LogP) is 4.98. The van der Waals surface area contributed by atoms with Gasteiger partial charge in [-0.05, 0) is 61.2 Å². The van der Waals surface area contributed by atoms with Crippen molar-refractivity contribution in [3.05, 3.63) is 63.9 Å². The smallest absolute Gasteiger partial charge is 0.119 e. The highest BCUT2D eigenvalue weighted by molar-refractivity contribution is 7.09. The van der Waals surface area contributed by atoms with Gasteiger partial charge in [-0.1, -0.05) is 29.8 Å². The molecule has 2 nitrogen and oxygen atoms in total. The molecular formula is C20H24O2S. The Morgan fingerprint density at radius 2 is 2.13 bits per heavy atom. The summed E-state index contributed by atoms with van der Waals surface area (Å²) in [5.74, 6) is 1.41. The van der Waals surface area contributed by atoms with Crippen LogP contribution in [0.1, 0.15) is 36.1 Å². The summed E-state index contributed by atoms with van der Waals surface area (Å²) in [6, 6.07) is 12.1. The highest BCUT2D eigenvalue weighted by atomic mass is 32.1. The van der Waals surface area contributed by atoms with E-state index in [0.29, 0.717) is 5.92 Å². The summed E-state index contributed by atoms with van der Waals surface area (Å²) in [6.45, 7) is 0.814. The third-order valence-corrected chi connectivity index (χ3v) is 5.38. The van der Waals surface area contributed by atoms with E-state index in [-0.39, 0.29) is 6.61 Å². The van der Waals surface area contributed by atoms with Crippen molar-refractivity contribution in [2.75, 3.05) is 6.61 Å². The Labute approximate surface area is 142 Å². The summed E-state index contributed by atoms with van der Waals surface area (Å²) in [6.07, 6.45) is 8.38. The predicted molar refractivity (Wildman–Crippen MR) is 95.9 cm³/mol. The van der Waals surface area contributed by atoms with E-state index < -0.39 is 0 Å². The molecule has 0 saturated carbocycles. The van der Waals surface area contributed by atoms with Gasteiger partial charge in [0.2, 0.25) is 0 Å².